The molecule has 0 saturated carbocycles. The maximum Gasteiger partial charge on any atom is 0.138 e. The van der Waals surface area contributed by atoms with Gasteiger partial charge in [0.2, 0.25) is 0 Å². The summed E-state index contributed by atoms with van der Waals surface area (Å²) in [4.78, 5) is 7.50. The molecule has 0 unspecified atom stereocenters. The van der Waals surface area contributed by atoms with E-state index in [1.54, 1.807) is 6.20 Å². The summed E-state index contributed by atoms with van der Waals surface area (Å²) in [6, 6.07) is 3.90. The van der Waals surface area contributed by atoms with Gasteiger partial charge in [0.25, 0.3) is 0 Å². The molecule has 0 radical (unpaired) electrons. The lowest BCUT2D eigenvalue weighted by atomic mass is 10.1. The van der Waals surface area contributed by atoms with Crippen molar-refractivity contribution in [1.82, 2.24) is 9.97 Å². The van der Waals surface area contributed by atoms with Crippen molar-refractivity contribution in [3.8, 4) is 0 Å². The summed E-state index contributed by atoms with van der Waals surface area (Å²) >= 11 is 6.05. The molecule has 0 atom stereocenters. The minimum absolute atomic E-state index is 0.641. The molecule has 2 aromatic rings. The van der Waals surface area contributed by atoms with E-state index in [4.69, 9.17) is 11.6 Å². The third-order valence-corrected chi connectivity index (χ3v) is 2.49. The number of nitrogens with zero attached hydrogens (tertiary/aromatic N) is 1. The molecule has 3 heteroatoms. The molecule has 2 nitrogen and oxygen atoms in total. The predicted octanol–water partition coefficient (Wildman–Crippen LogP) is 3.41. The topological polar surface area (TPSA) is 28.7 Å². The van der Waals surface area contributed by atoms with Crippen molar-refractivity contribution in [3.63, 3.8) is 0 Å². The number of hydrogen-bond acceptors (Lipinski definition) is 1. The maximum atomic E-state index is 6.05. The Morgan fingerprint density at radius 1 is 1.50 bits per heavy atom. The number of H-pyrrole nitrogens is 1. The molecule has 0 amide bonds. The molecule has 0 bridgehead atoms. The van der Waals surface area contributed by atoms with Gasteiger partial charge in [0.15, 0.2) is 0 Å². The van der Waals surface area contributed by atoms with Gasteiger partial charge >= 0.3 is 0 Å². The van der Waals surface area contributed by atoms with Gasteiger partial charge in [-0.2, -0.15) is 0 Å². The monoisotopic (exact) mass is 208 g/mol. The molecule has 2 heterocycles. The Balaban J connectivity index is 2.46. The summed E-state index contributed by atoms with van der Waals surface area (Å²) in [6.45, 7) is 4.39. The SMILES string of the molecule is CC(C)Cc1cc2c(Cl)ccnc2[nH]1. The van der Waals surface area contributed by atoms with Crippen LogP contribution in [-0.2, 0) is 6.42 Å². The molecule has 1 N–H and O–H groups in total. The second-order valence-electron chi connectivity index (χ2n) is 3.95. The van der Waals surface area contributed by atoms with Crippen LogP contribution in [0.1, 0.15) is 19.5 Å². The van der Waals surface area contributed by atoms with Crippen molar-refractivity contribution >= 4 is 22.6 Å². The van der Waals surface area contributed by atoms with Crippen LogP contribution in [0.5, 0.6) is 0 Å². The lowest BCUT2D eigenvalue weighted by Crippen LogP contribution is -1.93. The fourth-order valence-electron chi connectivity index (χ4n) is 1.60. The highest BCUT2D eigenvalue weighted by molar-refractivity contribution is 6.35. The number of pyridine rings is 1. The van der Waals surface area contributed by atoms with Crippen LogP contribution < -0.4 is 0 Å². The van der Waals surface area contributed by atoms with E-state index in [2.05, 4.69) is 29.9 Å². The Labute approximate surface area is 88.3 Å². The maximum absolute atomic E-state index is 6.05. The summed E-state index contributed by atoms with van der Waals surface area (Å²) < 4.78 is 0. The molecule has 0 aliphatic carbocycles. The first kappa shape index (κ1) is 9.53. The molecule has 0 fully saturated rings. The Hall–Kier alpha value is -1.02. The largest absolute Gasteiger partial charge is 0.343 e. The van der Waals surface area contributed by atoms with Crippen molar-refractivity contribution in [1.29, 1.82) is 0 Å². The zero-order valence-electron chi connectivity index (χ0n) is 8.34. The summed E-state index contributed by atoms with van der Waals surface area (Å²) in [5, 5.41) is 1.78. The van der Waals surface area contributed by atoms with E-state index in [0.717, 1.165) is 22.5 Å². The molecule has 0 aliphatic heterocycles. The molecule has 0 aromatic carbocycles. The smallest absolute Gasteiger partial charge is 0.138 e. The highest BCUT2D eigenvalue weighted by Gasteiger charge is 2.05. The Bertz CT molecular complexity index is 445. The van der Waals surface area contributed by atoms with E-state index in [-0.39, 0.29) is 0 Å². The first-order chi connectivity index (χ1) is 6.66. The molecule has 0 aliphatic rings. The van der Waals surface area contributed by atoms with Gasteiger partial charge in [-0.3, -0.25) is 0 Å². The Morgan fingerprint density at radius 3 is 2.93 bits per heavy atom. The van der Waals surface area contributed by atoms with Crippen molar-refractivity contribution in [2.45, 2.75) is 20.3 Å². The summed E-state index contributed by atoms with van der Waals surface area (Å²) in [5.41, 5.74) is 2.09. The van der Waals surface area contributed by atoms with Gasteiger partial charge < -0.3 is 4.98 Å². The summed E-state index contributed by atoms with van der Waals surface area (Å²) in [6.07, 6.45) is 2.76. The minimum Gasteiger partial charge on any atom is -0.343 e. The second kappa shape index (κ2) is 3.62. The van der Waals surface area contributed by atoms with Crippen LogP contribution in [0.15, 0.2) is 18.3 Å². The number of aromatic amines is 1. The minimum atomic E-state index is 0.641. The van der Waals surface area contributed by atoms with Crippen molar-refractivity contribution < 1.29 is 0 Å². The Morgan fingerprint density at radius 2 is 2.29 bits per heavy atom. The number of aromatic nitrogens is 2. The first-order valence-corrected chi connectivity index (χ1v) is 5.16. The average Bonchev–Trinajstić information content (AvgIpc) is 2.47. The second-order valence-corrected chi connectivity index (χ2v) is 4.35. The molecular formula is C11H13ClN2. The quantitative estimate of drug-likeness (QED) is 0.805. The van der Waals surface area contributed by atoms with Crippen molar-refractivity contribution in [2.75, 3.05) is 0 Å². The van der Waals surface area contributed by atoms with Gasteiger partial charge in [0.1, 0.15) is 5.65 Å². The lowest BCUT2D eigenvalue weighted by Gasteiger charge is -1.99. The van der Waals surface area contributed by atoms with Gasteiger partial charge in [-0.1, -0.05) is 25.4 Å². The van der Waals surface area contributed by atoms with Gasteiger partial charge in [0.05, 0.1) is 5.02 Å². The number of halogens is 1. The lowest BCUT2D eigenvalue weighted by molar-refractivity contribution is 0.638. The third kappa shape index (κ3) is 1.75. The van der Waals surface area contributed by atoms with E-state index in [1.807, 2.05) is 6.07 Å². The number of fused-ring (bicyclic) bond motifs is 1. The van der Waals surface area contributed by atoms with E-state index in [1.165, 1.54) is 5.69 Å². The van der Waals surface area contributed by atoms with E-state index < -0.39 is 0 Å². The molecule has 0 saturated heterocycles. The molecule has 2 aromatic heterocycles. The van der Waals surface area contributed by atoms with Gasteiger partial charge in [0, 0.05) is 17.3 Å². The molecule has 0 spiro atoms. The molecular weight excluding hydrogens is 196 g/mol. The number of rotatable bonds is 2. The van der Waals surface area contributed by atoms with Crippen LogP contribution in [-0.4, -0.2) is 9.97 Å². The van der Waals surface area contributed by atoms with E-state index >= 15 is 0 Å². The fraction of sp³-hybridized carbons (Fsp3) is 0.364. The van der Waals surface area contributed by atoms with Crippen LogP contribution in [0, 0.1) is 5.92 Å². The fourth-order valence-corrected chi connectivity index (χ4v) is 1.80. The van der Waals surface area contributed by atoms with Crippen LogP contribution in [0.4, 0.5) is 0 Å². The van der Waals surface area contributed by atoms with Gasteiger partial charge in [-0.15, -0.1) is 0 Å². The van der Waals surface area contributed by atoms with Crippen LogP contribution in [0.25, 0.3) is 11.0 Å². The third-order valence-electron chi connectivity index (χ3n) is 2.16. The van der Waals surface area contributed by atoms with Crippen LogP contribution >= 0.6 is 11.6 Å². The van der Waals surface area contributed by atoms with Crippen LogP contribution in [0.3, 0.4) is 0 Å². The molecule has 14 heavy (non-hydrogen) atoms. The highest BCUT2D eigenvalue weighted by Crippen LogP contribution is 2.23. The van der Waals surface area contributed by atoms with E-state index in [0.29, 0.717) is 5.92 Å². The normalized spacial score (nSPS) is 11.4. The van der Waals surface area contributed by atoms with Gasteiger partial charge in [-0.05, 0) is 24.5 Å². The standard InChI is InChI=1S/C11H13ClN2/c1-7(2)5-8-6-9-10(12)3-4-13-11(9)14-8/h3-4,6-7H,5H2,1-2H3,(H,13,14). The number of hydrogen-bond donors (Lipinski definition) is 1. The number of nitrogens with one attached hydrogen (secondary N) is 1. The van der Waals surface area contributed by atoms with Crippen LogP contribution in [0.2, 0.25) is 5.02 Å². The summed E-state index contributed by atoms with van der Waals surface area (Å²) in [7, 11) is 0. The van der Waals surface area contributed by atoms with Crippen molar-refractivity contribution in [2.24, 2.45) is 5.92 Å². The Kier molecular flexibility index (Phi) is 2.46. The predicted molar refractivity (Wildman–Crippen MR) is 59.6 cm³/mol. The van der Waals surface area contributed by atoms with Crippen molar-refractivity contribution in [3.05, 3.63) is 29.0 Å². The zero-order chi connectivity index (χ0) is 10.1. The average molecular weight is 209 g/mol. The summed E-state index contributed by atoms with van der Waals surface area (Å²) in [5.74, 6) is 0.641. The molecule has 2 rings (SSSR count). The molecule has 74 valence electrons. The van der Waals surface area contributed by atoms with Gasteiger partial charge in [-0.25, -0.2) is 4.98 Å². The zero-order valence-corrected chi connectivity index (χ0v) is 9.10. The first-order valence-electron chi connectivity index (χ1n) is 4.79. The van der Waals surface area contributed by atoms with E-state index in [9.17, 15) is 0 Å². The highest BCUT2D eigenvalue weighted by atomic mass is 35.5.